The molecule has 0 atom stereocenters. The van der Waals surface area contributed by atoms with Gasteiger partial charge < -0.3 is 0 Å². The van der Waals surface area contributed by atoms with E-state index in [4.69, 9.17) is 11.6 Å². The Morgan fingerprint density at radius 1 is 0.852 bits per heavy atom. The molecule has 0 bridgehead atoms. The molecule has 2 aromatic heterocycles. The topological polar surface area (TPSA) is 43.6 Å². The van der Waals surface area contributed by atoms with Crippen LogP contribution in [0, 0.1) is 0 Å². The van der Waals surface area contributed by atoms with Crippen molar-refractivity contribution in [3.8, 4) is 5.69 Å². The molecule has 2 aromatic carbocycles. The van der Waals surface area contributed by atoms with E-state index in [2.05, 4.69) is 44.0 Å². The summed E-state index contributed by atoms with van der Waals surface area (Å²) in [5.74, 6) is 1.59. The summed E-state index contributed by atoms with van der Waals surface area (Å²) in [5, 5.41) is 10.3. The van der Waals surface area contributed by atoms with Crippen molar-refractivity contribution in [1.82, 2.24) is 19.7 Å². The van der Waals surface area contributed by atoms with Gasteiger partial charge in [0.2, 0.25) is 0 Å². The van der Waals surface area contributed by atoms with E-state index in [1.165, 1.54) is 5.56 Å². The first kappa shape index (κ1) is 17.8. The van der Waals surface area contributed by atoms with Crippen molar-refractivity contribution in [2.24, 2.45) is 0 Å². The fourth-order valence-electron chi connectivity index (χ4n) is 2.79. The molecule has 6 heteroatoms. The van der Waals surface area contributed by atoms with Gasteiger partial charge in [-0.05, 0) is 29.3 Å². The lowest BCUT2D eigenvalue weighted by Gasteiger charge is -2.10. The van der Waals surface area contributed by atoms with Crippen molar-refractivity contribution < 1.29 is 0 Å². The van der Waals surface area contributed by atoms with Gasteiger partial charge in [-0.25, -0.2) is 4.98 Å². The van der Waals surface area contributed by atoms with Gasteiger partial charge in [-0.15, -0.1) is 10.2 Å². The highest BCUT2D eigenvalue weighted by atomic mass is 35.5. The first-order valence-electron chi connectivity index (χ1n) is 8.57. The smallest absolute Gasteiger partial charge is 0.196 e. The van der Waals surface area contributed by atoms with Crippen LogP contribution < -0.4 is 0 Å². The molecule has 0 radical (unpaired) electrons. The molecular weight excluding hydrogens is 376 g/mol. The van der Waals surface area contributed by atoms with E-state index in [0.29, 0.717) is 10.9 Å². The Morgan fingerprint density at radius 2 is 1.59 bits per heavy atom. The summed E-state index contributed by atoms with van der Waals surface area (Å²) >= 11 is 7.80. The van der Waals surface area contributed by atoms with Crippen molar-refractivity contribution in [1.29, 1.82) is 0 Å². The summed E-state index contributed by atoms with van der Waals surface area (Å²) in [4.78, 5) is 4.14. The summed E-state index contributed by atoms with van der Waals surface area (Å²) in [6, 6.07) is 24.4. The Bertz CT molecular complexity index is 1020. The third-order valence-corrected chi connectivity index (χ3v) is 5.43. The van der Waals surface area contributed by atoms with Crippen LogP contribution in [-0.2, 0) is 12.2 Å². The summed E-state index contributed by atoms with van der Waals surface area (Å²) in [5.41, 5.74) is 3.23. The highest BCUT2D eigenvalue weighted by Crippen LogP contribution is 2.28. The van der Waals surface area contributed by atoms with Gasteiger partial charge in [0.15, 0.2) is 5.16 Å². The molecule has 0 aliphatic carbocycles. The number of pyridine rings is 1. The van der Waals surface area contributed by atoms with E-state index in [1.54, 1.807) is 18.0 Å². The fourth-order valence-corrected chi connectivity index (χ4v) is 4.01. The molecule has 0 fully saturated rings. The number of benzene rings is 2. The lowest BCUT2D eigenvalue weighted by molar-refractivity contribution is 0.847. The van der Waals surface area contributed by atoms with Crippen molar-refractivity contribution in [3.63, 3.8) is 0 Å². The highest BCUT2D eigenvalue weighted by molar-refractivity contribution is 7.98. The van der Waals surface area contributed by atoms with E-state index in [9.17, 15) is 0 Å². The molecule has 2 heterocycles. The highest BCUT2D eigenvalue weighted by Gasteiger charge is 2.15. The first-order chi connectivity index (χ1) is 13.3. The van der Waals surface area contributed by atoms with E-state index < -0.39 is 0 Å². The Morgan fingerprint density at radius 3 is 2.33 bits per heavy atom. The number of thioether (sulfide) groups is 1. The van der Waals surface area contributed by atoms with Crippen molar-refractivity contribution in [3.05, 3.63) is 101 Å². The maximum Gasteiger partial charge on any atom is 0.196 e. The summed E-state index contributed by atoms with van der Waals surface area (Å²) in [6.45, 7) is 0. The maximum absolute atomic E-state index is 6.19. The molecule has 4 rings (SSSR count). The van der Waals surface area contributed by atoms with Crippen LogP contribution in [0.25, 0.3) is 5.69 Å². The second-order valence-electron chi connectivity index (χ2n) is 5.97. The zero-order valence-electron chi connectivity index (χ0n) is 14.5. The Hall–Kier alpha value is -2.63. The first-order valence-corrected chi connectivity index (χ1v) is 9.93. The molecule has 0 N–H and O–H groups in total. The van der Waals surface area contributed by atoms with Gasteiger partial charge >= 0.3 is 0 Å². The minimum atomic E-state index is 0.528. The van der Waals surface area contributed by atoms with Crippen LogP contribution in [0.5, 0.6) is 0 Å². The molecule has 134 valence electrons. The average Bonchev–Trinajstić information content (AvgIpc) is 3.11. The quantitative estimate of drug-likeness (QED) is 0.334. The average molecular weight is 393 g/mol. The molecule has 27 heavy (non-hydrogen) atoms. The number of rotatable bonds is 6. The van der Waals surface area contributed by atoms with Gasteiger partial charge in [0.05, 0.1) is 0 Å². The van der Waals surface area contributed by atoms with Crippen LogP contribution in [0.4, 0.5) is 0 Å². The van der Waals surface area contributed by atoms with Gasteiger partial charge in [-0.2, -0.15) is 0 Å². The molecule has 0 saturated heterocycles. The summed E-state index contributed by atoms with van der Waals surface area (Å²) < 4.78 is 2.11. The lowest BCUT2D eigenvalue weighted by Crippen LogP contribution is -2.03. The normalized spacial score (nSPS) is 10.9. The third kappa shape index (κ3) is 4.21. The largest absolute Gasteiger partial charge is 0.274 e. The molecular formula is C21H17ClN4S. The van der Waals surface area contributed by atoms with Gasteiger partial charge in [0.1, 0.15) is 11.0 Å². The fraction of sp³-hybridized carbons (Fsp3) is 0.0952. The molecule has 0 spiro atoms. The molecule has 0 saturated carbocycles. The van der Waals surface area contributed by atoms with Crippen LogP contribution in [0.1, 0.15) is 17.0 Å². The minimum absolute atomic E-state index is 0.528. The minimum Gasteiger partial charge on any atom is -0.274 e. The number of nitrogens with zero attached hydrogens (tertiary/aromatic N) is 4. The van der Waals surface area contributed by atoms with E-state index >= 15 is 0 Å². The SMILES string of the molecule is Clc1ncccc1CSc1nnc(Cc2ccccc2)n1-c1ccccc1. The predicted octanol–water partition coefficient (Wildman–Crippen LogP) is 5.20. The maximum atomic E-state index is 6.19. The second-order valence-corrected chi connectivity index (χ2v) is 7.27. The zero-order chi connectivity index (χ0) is 18.5. The van der Waals surface area contributed by atoms with Crippen molar-refractivity contribution in [2.45, 2.75) is 17.3 Å². The predicted molar refractivity (Wildman–Crippen MR) is 109 cm³/mol. The number of aromatic nitrogens is 4. The van der Waals surface area contributed by atoms with Crippen LogP contribution in [0.15, 0.2) is 84.1 Å². The number of para-hydroxylation sites is 1. The number of hydrogen-bond acceptors (Lipinski definition) is 4. The van der Waals surface area contributed by atoms with Crippen molar-refractivity contribution >= 4 is 23.4 Å². The van der Waals surface area contributed by atoms with Gasteiger partial charge in [-0.3, -0.25) is 4.57 Å². The van der Waals surface area contributed by atoms with Gasteiger partial charge in [0, 0.05) is 24.1 Å². The number of hydrogen-bond donors (Lipinski definition) is 0. The monoisotopic (exact) mass is 392 g/mol. The molecule has 0 amide bonds. The molecule has 4 aromatic rings. The molecule has 0 unspecified atom stereocenters. The van der Waals surface area contributed by atoms with E-state index in [0.717, 1.165) is 28.7 Å². The standard InChI is InChI=1S/C21H17ClN4S/c22-20-17(10-7-13-23-20)15-27-21-25-24-19(14-16-8-3-1-4-9-16)26(21)18-11-5-2-6-12-18/h1-13H,14-15H2. The second kappa shape index (κ2) is 8.37. The Kier molecular flexibility index (Phi) is 5.51. The van der Waals surface area contributed by atoms with Gasteiger partial charge in [0.25, 0.3) is 0 Å². The molecule has 4 nitrogen and oxygen atoms in total. The molecule has 0 aliphatic heterocycles. The van der Waals surface area contributed by atoms with Gasteiger partial charge in [-0.1, -0.05) is 78.0 Å². The third-order valence-electron chi connectivity index (χ3n) is 4.11. The lowest BCUT2D eigenvalue weighted by atomic mass is 10.1. The van der Waals surface area contributed by atoms with Crippen molar-refractivity contribution in [2.75, 3.05) is 0 Å². The Balaban J connectivity index is 1.66. The van der Waals surface area contributed by atoms with E-state index in [1.807, 2.05) is 48.5 Å². The van der Waals surface area contributed by atoms with Crippen LogP contribution >= 0.6 is 23.4 Å². The van der Waals surface area contributed by atoms with Crippen LogP contribution in [-0.4, -0.2) is 19.7 Å². The summed E-state index contributed by atoms with van der Waals surface area (Å²) in [6.07, 6.45) is 2.41. The zero-order valence-corrected chi connectivity index (χ0v) is 16.1. The Labute approximate surface area is 167 Å². The molecule has 0 aliphatic rings. The van der Waals surface area contributed by atoms with E-state index in [-0.39, 0.29) is 0 Å². The van der Waals surface area contributed by atoms with Crippen LogP contribution in [0.3, 0.4) is 0 Å². The number of halogens is 1. The summed E-state index contributed by atoms with van der Waals surface area (Å²) in [7, 11) is 0. The van der Waals surface area contributed by atoms with Crippen LogP contribution in [0.2, 0.25) is 5.15 Å².